The topological polar surface area (TPSA) is 118 Å². The molecule has 9 nitrogen and oxygen atoms in total. The van der Waals surface area contributed by atoms with Crippen LogP contribution < -0.4 is 0 Å². The number of carbonyl (C=O) groups is 2. The van der Waals surface area contributed by atoms with Crippen molar-refractivity contribution in [2.45, 2.75) is 37.4 Å². The number of nitrogens with zero attached hydrogens (tertiary/aromatic N) is 7. The van der Waals surface area contributed by atoms with E-state index in [9.17, 15) is 14.9 Å². The molecule has 0 radical (unpaired) electrons. The van der Waals surface area contributed by atoms with Crippen LogP contribution in [0.1, 0.15) is 35.3 Å². The summed E-state index contributed by atoms with van der Waals surface area (Å²) in [5, 5.41) is 20.8. The summed E-state index contributed by atoms with van der Waals surface area (Å²) in [6.45, 7) is 2.84. The molecule has 1 amide bonds. The van der Waals surface area contributed by atoms with Crippen LogP contribution >= 0.6 is 23.1 Å². The van der Waals surface area contributed by atoms with Gasteiger partial charge in [0.05, 0.1) is 18.4 Å². The monoisotopic (exact) mass is 453 g/mol. The highest BCUT2D eigenvalue weighted by Gasteiger charge is 2.27. The predicted octanol–water partition coefficient (Wildman–Crippen LogP) is 2.52. The summed E-state index contributed by atoms with van der Waals surface area (Å²) < 4.78 is 1.76. The number of thioether (sulfide) groups is 1. The van der Waals surface area contributed by atoms with Gasteiger partial charge < -0.3 is 4.90 Å². The Bertz CT molecular complexity index is 1140. The van der Waals surface area contributed by atoms with Crippen LogP contribution in [0.4, 0.5) is 0 Å². The van der Waals surface area contributed by atoms with E-state index in [4.69, 9.17) is 0 Å². The molecular weight excluding hydrogens is 434 g/mol. The highest BCUT2D eigenvalue weighted by atomic mass is 32.2. The average molecular weight is 454 g/mol. The number of aryl methyl sites for hydroxylation is 1. The van der Waals surface area contributed by atoms with Gasteiger partial charge in [0, 0.05) is 30.2 Å². The van der Waals surface area contributed by atoms with E-state index >= 15 is 0 Å². The van der Waals surface area contributed by atoms with Gasteiger partial charge in [-0.25, -0.2) is 9.97 Å². The van der Waals surface area contributed by atoms with Crippen molar-refractivity contribution in [1.82, 2.24) is 29.6 Å². The number of ketones is 1. The van der Waals surface area contributed by atoms with Crippen LogP contribution in [0.3, 0.4) is 0 Å². The molecule has 1 aliphatic heterocycles. The molecule has 4 rings (SSSR count). The molecule has 11 heteroatoms. The van der Waals surface area contributed by atoms with Crippen LogP contribution in [0.25, 0.3) is 5.82 Å². The first-order chi connectivity index (χ1) is 15.1. The molecule has 1 fully saturated rings. The third-order valence-corrected chi connectivity index (χ3v) is 6.74. The van der Waals surface area contributed by atoms with Crippen molar-refractivity contribution in [3.05, 3.63) is 46.3 Å². The number of hydrogen-bond donors (Lipinski definition) is 0. The lowest BCUT2D eigenvalue weighted by Crippen LogP contribution is -2.25. The molecule has 0 aromatic carbocycles. The fourth-order valence-electron chi connectivity index (χ4n) is 3.24. The molecule has 0 saturated carbocycles. The van der Waals surface area contributed by atoms with Gasteiger partial charge in [-0.15, -0.1) is 21.5 Å². The van der Waals surface area contributed by atoms with Crippen LogP contribution in [0.5, 0.6) is 0 Å². The Kier molecular flexibility index (Phi) is 6.39. The molecule has 3 aromatic rings. The average Bonchev–Trinajstić information content (AvgIpc) is 3.49. The normalized spacial score (nSPS) is 14.6. The number of aromatic nitrogens is 5. The summed E-state index contributed by atoms with van der Waals surface area (Å²) in [5.74, 6) is 0.181. The van der Waals surface area contributed by atoms with Crippen molar-refractivity contribution in [2.75, 3.05) is 12.3 Å². The number of nitriles is 1. The maximum Gasteiger partial charge on any atom is 0.223 e. The minimum Gasteiger partial charge on any atom is -0.335 e. The van der Waals surface area contributed by atoms with Crippen molar-refractivity contribution in [3.63, 3.8) is 0 Å². The number of likely N-dealkylation sites (tertiary alicyclic amines) is 1. The highest BCUT2D eigenvalue weighted by Crippen LogP contribution is 2.26. The fourth-order valence-corrected chi connectivity index (χ4v) is 4.97. The highest BCUT2D eigenvalue weighted by molar-refractivity contribution is 7.99. The molecule has 0 aliphatic carbocycles. The van der Waals surface area contributed by atoms with E-state index in [1.165, 1.54) is 23.1 Å². The minimum atomic E-state index is -0.904. The van der Waals surface area contributed by atoms with Crippen molar-refractivity contribution < 1.29 is 9.59 Å². The molecule has 1 saturated heterocycles. The van der Waals surface area contributed by atoms with Gasteiger partial charge in [-0.2, -0.15) is 5.26 Å². The Morgan fingerprint density at radius 2 is 2.26 bits per heavy atom. The van der Waals surface area contributed by atoms with Gasteiger partial charge in [0.1, 0.15) is 10.8 Å². The van der Waals surface area contributed by atoms with Crippen LogP contribution in [-0.4, -0.2) is 53.6 Å². The summed E-state index contributed by atoms with van der Waals surface area (Å²) in [7, 11) is 0. The van der Waals surface area contributed by atoms with Crippen molar-refractivity contribution in [2.24, 2.45) is 0 Å². The fraction of sp³-hybridized carbons (Fsp3) is 0.350. The van der Waals surface area contributed by atoms with Crippen LogP contribution in [0.15, 0.2) is 34.9 Å². The molecule has 0 N–H and O–H groups in total. The predicted molar refractivity (Wildman–Crippen MR) is 115 cm³/mol. The molecule has 0 bridgehead atoms. The summed E-state index contributed by atoms with van der Waals surface area (Å²) in [6, 6.07) is 7.54. The van der Waals surface area contributed by atoms with Crippen molar-refractivity contribution in [1.29, 1.82) is 5.26 Å². The van der Waals surface area contributed by atoms with E-state index in [0.29, 0.717) is 41.3 Å². The molecule has 31 heavy (non-hydrogen) atoms. The van der Waals surface area contributed by atoms with Crippen LogP contribution in [-0.2, 0) is 16.1 Å². The van der Waals surface area contributed by atoms with Gasteiger partial charge in [0.25, 0.3) is 0 Å². The Morgan fingerprint density at radius 1 is 1.39 bits per heavy atom. The first kappa shape index (κ1) is 21.1. The minimum absolute atomic E-state index is 0.0461. The summed E-state index contributed by atoms with van der Waals surface area (Å²) in [6.07, 6.45) is 3.04. The van der Waals surface area contributed by atoms with Crippen LogP contribution in [0, 0.1) is 18.3 Å². The van der Waals surface area contributed by atoms with Gasteiger partial charge >= 0.3 is 0 Å². The SMILES string of the molecule is Cc1csc([C@@H](C#N)C(=O)CSc2nnc(CN3CCCC3=O)n2-c2ccccn2)n1. The van der Waals surface area contributed by atoms with Gasteiger partial charge in [-0.1, -0.05) is 17.8 Å². The summed E-state index contributed by atoms with van der Waals surface area (Å²) >= 11 is 2.51. The van der Waals surface area contributed by atoms with E-state index in [-0.39, 0.29) is 17.4 Å². The van der Waals surface area contributed by atoms with Gasteiger partial charge in [-0.05, 0) is 25.5 Å². The number of carbonyl (C=O) groups excluding carboxylic acids is 2. The molecule has 1 atom stereocenters. The largest absolute Gasteiger partial charge is 0.335 e. The number of rotatable bonds is 8. The molecule has 0 spiro atoms. The Morgan fingerprint density at radius 3 is 2.90 bits per heavy atom. The zero-order chi connectivity index (χ0) is 21.8. The second-order valence-corrected chi connectivity index (χ2v) is 8.82. The Hall–Kier alpha value is -3.10. The quantitative estimate of drug-likeness (QED) is 0.478. The lowest BCUT2D eigenvalue weighted by atomic mass is 10.1. The van der Waals surface area contributed by atoms with Gasteiger partial charge in [-0.3, -0.25) is 14.2 Å². The van der Waals surface area contributed by atoms with E-state index in [1.807, 2.05) is 24.4 Å². The summed E-state index contributed by atoms with van der Waals surface area (Å²) in [4.78, 5) is 35.2. The third-order valence-electron chi connectivity index (χ3n) is 4.76. The first-order valence-electron chi connectivity index (χ1n) is 9.67. The van der Waals surface area contributed by atoms with E-state index in [2.05, 4.69) is 26.2 Å². The van der Waals surface area contributed by atoms with Crippen LogP contribution in [0.2, 0.25) is 0 Å². The standard InChI is InChI=1S/C20H19N7O2S2/c1-13-11-30-19(23-13)14(9-21)15(28)12-31-20-25-24-17(10-26-8-4-6-18(26)29)27(20)16-5-2-3-7-22-16/h2-3,5,7,11,14H,4,6,8,10,12H2,1H3/t14-/m0/s1. The second kappa shape index (κ2) is 9.36. The maximum absolute atomic E-state index is 12.7. The first-order valence-corrected chi connectivity index (χ1v) is 11.5. The number of thiazole rings is 1. The zero-order valence-electron chi connectivity index (χ0n) is 16.8. The number of hydrogen-bond acceptors (Lipinski definition) is 9. The van der Waals surface area contributed by atoms with Gasteiger partial charge in [0.2, 0.25) is 5.91 Å². The van der Waals surface area contributed by atoms with E-state index in [1.54, 1.807) is 21.7 Å². The molecule has 4 heterocycles. The van der Waals surface area contributed by atoms with Crippen molar-refractivity contribution >= 4 is 34.8 Å². The smallest absolute Gasteiger partial charge is 0.223 e. The zero-order valence-corrected chi connectivity index (χ0v) is 18.4. The number of pyridine rings is 1. The molecule has 3 aromatic heterocycles. The van der Waals surface area contributed by atoms with E-state index < -0.39 is 5.92 Å². The van der Waals surface area contributed by atoms with Gasteiger partial charge in [0.15, 0.2) is 22.7 Å². The molecule has 1 aliphatic rings. The lowest BCUT2D eigenvalue weighted by molar-refractivity contribution is -0.128. The number of amides is 1. The number of Topliss-reactive ketones (excluding diaryl/α,β-unsaturated/α-hetero) is 1. The second-order valence-electron chi connectivity index (χ2n) is 6.99. The molecular formula is C20H19N7O2S2. The third kappa shape index (κ3) is 4.65. The Balaban J connectivity index is 1.56. The lowest BCUT2D eigenvalue weighted by Gasteiger charge is -2.16. The summed E-state index contributed by atoms with van der Waals surface area (Å²) in [5.41, 5.74) is 0.789. The maximum atomic E-state index is 12.7. The van der Waals surface area contributed by atoms with Crippen molar-refractivity contribution in [3.8, 4) is 11.9 Å². The molecule has 0 unspecified atom stereocenters. The van der Waals surface area contributed by atoms with E-state index in [0.717, 1.165) is 12.1 Å². The molecule has 158 valence electrons. The Labute approximate surface area is 187 Å².